The molecule has 2 N–H and O–H groups in total. The molecular weight excluding hydrogens is 153 g/mol. The molecule has 0 amide bonds. The Kier molecular flexibility index (Phi) is 1.15. The summed E-state index contributed by atoms with van der Waals surface area (Å²) in [6.45, 7) is 5.99. The van der Waals surface area contributed by atoms with Gasteiger partial charge < -0.3 is 5.73 Å². The summed E-state index contributed by atoms with van der Waals surface area (Å²) in [4.78, 5) is 0. The third kappa shape index (κ3) is 0.631. The zero-order valence-electron chi connectivity index (χ0n) is 7.53. The lowest BCUT2D eigenvalue weighted by Gasteiger charge is -2.27. The van der Waals surface area contributed by atoms with E-state index in [1.54, 1.807) is 0 Å². The lowest BCUT2D eigenvalue weighted by Crippen LogP contribution is -2.21. The fourth-order valence-corrected chi connectivity index (χ4v) is 2.13. The molecule has 0 aromatic carbocycles. The van der Waals surface area contributed by atoms with E-state index in [4.69, 9.17) is 5.73 Å². The van der Waals surface area contributed by atoms with Crippen molar-refractivity contribution >= 4 is 0 Å². The maximum absolute atomic E-state index is 13.2. The molecule has 0 fully saturated rings. The Hall–Kier alpha value is -1.05. The molecule has 0 atom stereocenters. The Morgan fingerprint density at radius 2 is 2.00 bits per heavy atom. The summed E-state index contributed by atoms with van der Waals surface area (Å²) >= 11 is 0. The van der Waals surface area contributed by atoms with Crippen molar-refractivity contribution in [1.82, 2.24) is 0 Å². The summed E-state index contributed by atoms with van der Waals surface area (Å²) in [5, 5.41) is 0. The van der Waals surface area contributed by atoms with E-state index in [1.165, 1.54) is 0 Å². The molecule has 2 aliphatic carbocycles. The van der Waals surface area contributed by atoms with Crippen LogP contribution in [-0.4, -0.2) is 0 Å². The zero-order valence-corrected chi connectivity index (χ0v) is 7.53. The van der Waals surface area contributed by atoms with Crippen molar-refractivity contribution in [2.45, 2.75) is 20.8 Å². The van der Waals surface area contributed by atoms with E-state index in [0.29, 0.717) is 5.70 Å². The van der Waals surface area contributed by atoms with Crippen LogP contribution >= 0.6 is 0 Å². The van der Waals surface area contributed by atoms with Crippen molar-refractivity contribution in [2.75, 3.05) is 0 Å². The Balaban J connectivity index is 2.57. The molecule has 0 aromatic heterocycles. The standard InChI is InChI=1S/C10H12FN/c1-5-4-10(2,3)7-6(5)9(12)8(7)11/h4H,12H2,1-3H3. The quantitative estimate of drug-likeness (QED) is 0.586. The number of nitrogens with two attached hydrogens (primary N) is 1. The normalized spacial score (nSPS) is 25.5. The van der Waals surface area contributed by atoms with Gasteiger partial charge in [-0.1, -0.05) is 19.9 Å². The zero-order chi connectivity index (χ0) is 9.09. The second-order valence-electron chi connectivity index (χ2n) is 4.03. The molecule has 2 aliphatic rings. The van der Waals surface area contributed by atoms with Crippen LogP contribution in [0.15, 0.2) is 34.3 Å². The molecule has 1 nitrogen and oxygen atoms in total. The van der Waals surface area contributed by atoms with Gasteiger partial charge in [0.25, 0.3) is 0 Å². The van der Waals surface area contributed by atoms with Crippen LogP contribution < -0.4 is 5.73 Å². The Morgan fingerprint density at radius 1 is 1.42 bits per heavy atom. The highest BCUT2D eigenvalue weighted by molar-refractivity contribution is 5.70. The van der Waals surface area contributed by atoms with Crippen molar-refractivity contribution < 1.29 is 4.39 Å². The highest BCUT2D eigenvalue weighted by atomic mass is 19.1. The summed E-state index contributed by atoms with van der Waals surface area (Å²) in [5.74, 6) is -0.205. The van der Waals surface area contributed by atoms with Gasteiger partial charge >= 0.3 is 0 Å². The first kappa shape index (κ1) is 7.59. The summed E-state index contributed by atoms with van der Waals surface area (Å²) in [7, 11) is 0. The Morgan fingerprint density at radius 3 is 2.50 bits per heavy atom. The van der Waals surface area contributed by atoms with E-state index < -0.39 is 0 Å². The Labute approximate surface area is 71.4 Å². The SMILES string of the molecule is CC1=CC(C)(C)C2=C(F)C(N)=C12. The van der Waals surface area contributed by atoms with Crippen LogP contribution in [0, 0.1) is 5.41 Å². The van der Waals surface area contributed by atoms with Gasteiger partial charge in [0.2, 0.25) is 0 Å². The molecule has 2 heteroatoms. The molecule has 12 heavy (non-hydrogen) atoms. The summed E-state index contributed by atoms with van der Waals surface area (Å²) in [6.07, 6.45) is 2.07. The highest BCUT2D eigenvalue weighted by Crippen LogP contribution is 2.53. The van der Waals surface area contributed by atoms with Gasteiger partial charge in [-0.25, -0.2) is 4.39 Å². The van der Waals surface area contributed by atoms with E-state index >= 15 is 0 Å². The summed E-state index contributed by atoms with van der Waals surface area (Å²) in [5.41, 5.74) is 8.54. The molecule has 0 saturated heterocycles. The van der Waals surface area contributed by atoms with Gasteiger partial charge in [-0.05, 0) is 12.5 Å². The number of fused-ring (bicyclic) bond motifs is 1. The molecule has 2 rings (SSSR count). The third-order valence-corrected chi connectivity index (χ3v) is 2.59. The van der Waals surface area contributed by atoms with Crippen LogP contribution in [0.1, 0.15) is 20.8 Å². The summed E-state index contributed by atoms with van der Waals surface area (Å²) in [6, 6.07) is 0. The minimum Gasteiger partial charge on any atom is -0.396 e. The highest BCUT2D eigenvalue weighted by Gasteiger charge is 2.42. The maximum atomic E-state index is 13.2. The van der Waals surface area contributed by atoms with Crippen LogP contribution in [0.25, 0.3) is 0 Å². The second kappa shape index (κ2) is 1.82. The topological polar surface area (TPSA) is 26.0 Å². The largest absolute Gasteiger partial charge is 0.396 e. The first-order valence-corrected chi connectivity index (χ1v) is 4.06. The van der Waals surface area contributed by atoms with Crippen LogP contribution in [0.2, 0.25) is 0 Å². The minimum atomic E-state index is -0.205. The van der Waals surface area contributed by atoms with Crippen LogP contribution in [0.3, 0.4) is 0 Å². The number of halogens is 1. The molecule has 0 unspecified atom stereocenters. The predicted molar refractivity (Wildman–Crippen MR) is 46.9 cm³/mol. The van der Waals surface area contributed by atoms with Gasteiger partial charge in [0.15, 0.2) is 5.83 Å². The number of rotatable bonds is 0. The average Bonchev–Trinajstić information content (AvgIpc) is 2.16. The summed E-state index contributed by atoms with van der Waals surface area (Å²) < 4.78 is 13.2. The molecule has 0 spiro atoms. The van der Waals surface area contributed by atoms with Gasteiger partial charge in [-0.3, -0.25) is 0 Å². The molecule has 64 valence electrons. The van der Waals surface area contributed by atoms with Crippen LogP contribution in [-0.2, 0) is 0 Å². The molecular formula is C10H12FN. The first-order chi connectivity index (χ1) is 5.45. The van der Waals surface area contributed by atoms with Crippen LogP contribution in [0.5, 0.6) is 0 Å². The molecule has 0 aromatic rings. The van der Waals surface area contributed by atoms with Gasteiger partial charge in [-0.2, -0.15) is 0 Å². The third-order valence-electron chi connectivity index (χ3n) is 2.59. The molecule has 0 heterocycles. The lowest BCUT2D eigenvalue weighted by molar-refractivity contribution is 0.531. The van der Waals surface area contributed by atoms with E-state index in [9.17, 15) is 4.39 Å². The maximum Gasteiger partial charge on any atom is 0.151 e. The van der Waals surface area contributed by atoms with E-state index in [0.717, 1.165) is 16.7 Å². The molecule has 0 radical (unpaired) electrons. The van der Waals surface area contributed by atoms with Gasteiger partial charge in [0, 0.05) is 16.6 Å². The second-order valence-corrected chi connectivity index (χ2v) is 4.03. The number of hydrogen-bond acceptors (Lipinski definition) is 1. The predicted octanol–water partition coefficient (Wildman–Crippen LogP) is 2.42. The lowest BCUT2D eigenvalue weighted by atomic mass is 9.79. The monoisotopic (exact) mass is 165 g/mol. The van der Waals surface area contributed by atoms with Gasteiger partial charge in [0.05, 0.1) is 5.70 Å². The smallest absolute Gasteiger partial charge is 0.151 e. The molecule has 0 aliphatic heterocycles. The average molecular weight is 165 g/mol. The van der Waals surface area contributed by atoms with E-state index in [2.05, 4.69) is 6.08 Å². The number of hydrogen-bond donors (Lipinski definition) is 1. The molecule has 0 saturated carbocycles. The van der Waals surface area contributed by atoms with Gasteiger partial charge in [0.1, 0.15) is 0 Å². The fourth-order valence-electron chi connectivity index (χ4n) is 2.13. The van der Waals surface area contributed by atoms with Crippen molar-refractivity contribution in [3.8, 4) is 0 Å². The van der Waals surface area contributed by atoms with E-state index in [-0.39, 0.29) is 11.2 Å². The van der Waals surface area contributed by atoms with Gasteiger partial charge in [-0.15, -0.1) is 0 Å². The van der Waals surface area contributed by atoms with Crippen molar-refractivity contribution in [1.29, 1.82) is 0 Å². The van der Waals surface area contributed by atoms with Crippen molar-refractivity contribution in [2.24, 2.45) is 11.1 Å². The van der Waals surface area contributed by atoms with E-state index in [1.807, 2.05) is 20.8 Å². The van der Waals surface area contributed by atoms with Crippen molar-refractivity contribution in [3.63, 3.8) is 0 Å². The van der Waals surface area contributed by atoms with Crippen LogP contribution in [0.4, 0.5) is 4.39 Å². The molecule has 0 bridgehead atoms. The number of allylic oxidation sites excluding steroid dienone is 5. The minimum absolute atomic E-state index is 0.160. The Bertz CT molecular complexity index is 356. The first-order valence-electron chi connectivity index (χ1n) is 4.06. The fraction of sp³-hybridized carbons (Fsp3) is 0.400. The van der Waals surface area contributed by atoms with Crippen molar-refractivity contribution in [3.05, 3.63) is 34.3 Å².